The number of halogens is 2. The molecule has 6 N–H and O–H groups in total. The number of rotatable bonds is 19. The molecule has 8 rings (SSSR count). The van der Waals surface area contributed by atoms with Gasteiger partial charge in [-0.15, -0.1) is 45.3 Å². The predicted octanol–water partition coefficient (Wildman–Crippen LogP) is 10.6. The molecule has 22 heteroatoms. The number of aromatic nitrogens is 2. The molecule has 4 heterocycles. The quantitative estimate of drug-likeness (QED) is 0.0421. The molecular formula is C47H42ClFN6O8S6. The highest BCUT2D eigenvalue weighted by Crippen LogP contribution is 2.33. The highest BCUT2D eigenvalue weighted by Gasteiger charge is 2.22. The molecule has 0 radical (unpaired) electrons. The molecule has 0 bridgehead atoms. The SMILES string of the molecule is O=C(CCc1cccc(Cl)c1)N[C@@H](Cc1ccc(NS(=O)(=O)O)cc1)c1csc(-c2cccs2)n1.O=C(Cc1cccc(F)c1)N[C@@H](Cc1ccc(NS(=O)(=O)O)cc1)c1csc(-c2cccs2)n1. The summed E-state index contributed by atoms with van der Waals surface area (Å²) in [7, 11) is -8.71. The fourth-order valence-electron chi connectivity index (χ4n) is 6.86. The second-order valence-corrected chi connectivity index (χ2v) is 21.6. The van der Waals surface area contributed by atoms with Gasteiger partial charge in [0.15, 0.2) is 0 Å². The lowest BCUT2D eigenvalue weighted by Crippen LogP contribution is -2.31. The Kier molecular flexibility index (Phi) is 17.5. The van der Waals surface area contributed by atoms with Crippen molar-refractivity contribution in [3.63, 3.8) is 0 Å². The van der Waals surface area contributed by atoms with E-state index in [9.17, 15) is 30.8 Å². The van der Waals surface area contributed by atoms with E-state index in [1.807, 2.05) is 73.4 Å². The van der Waals surface area contributed by atoms with Crippen molar-refractivity contribution in [2.45, 2.75) is 44.2 Å². The van der Waals surface area contributed by atoms with E-state index in [0.717, 1.165) is 42.2 Å². The molecule has 8 aromatic rings. The van der Waals surface area contributed by atoms with E-state index in [-0.39, 0.29) is 35.7 Å². The zero-order chi connectivity index (χ0) is 49.0. The standard InChI is InChI=1S/C24H22ClN3O4S3.C23H20FN3O4S3/c25-18-4-1-3-16(13-18)8-11-23(29)26-20(21-15-34-24(27-21)22-5-2-12-33-22)14-17-6-9-19(10-7-17)28-35(30,31)32;24-17-4-1-3-16(11-17)13-22(28)25-19(20-14-33-23(26-20)21-5-2-10-32-21)12-15-6-8-18(9-7-15)27-34(29,30)31/h1-7,9-10,12-13,15,20,28H,8,11,14H2,(H,26,29)(H,30,31,32);1-11,14,19,27H,12-13H2,(H,25,28)(H,29,30,31)/t20-;19-/m00/s1. The van der Waals surface area contributed by atoms with Crippen LogP contribution in [-0.2, 0) is 55.9 Å². The topological polar surface area (TPSA) is 217 Å². The highest BCUT2D eigenvalue weighted by atomic mass is 35.5. The Bertz CT molecular complexity index is 3190. The van der Waals surface area contributed by atoms with Gasteiger partial charge in [-0.2, -0.15) is 16.8 Å². The lowest BCUT2D eigenvalue weighted by molar-refractivity contribution is -0.122. The number of thiazole rings is 2. The van der Waals surface area contributed by atoms with Gasteiger partial charge in [0.05, 0.1) is 51.0 Å². The number of thiophene rings is 2. The Hall–Kier alpha value is -5.88. The number of anilines is 2. The maximum absolute atomic E-state index is 13.5. The van der Waals surface area contributed by atoms with Crippen LogP contribution in [0.25, 0.3) is 19.8 Å². The van der Waals surface area contributed by atoms with Crippen molar-refractivity contribution >= 4 is 101 Å². The third-order valence-corrected chi connectivity index (χ3v) is 15.0. The third kappa shape index (κ3) is 16.4. The second kappa shape index (κ2) is 23.6. The van der Waals surface area contributed by atoms with Crippen LogP contribution in [0.4, 0.5) is 15.8 Å². The van der Waals surface area contributed by atoms with Crippen LogP contribution in [0.3, 0.4) is 0 Å². The van der Waals surface area contributed by atoms with Gasteiger partial charge in [-0.3, -0.25) is 28.1 Å². The molecule has 0 aliphatic heterocycles. The number of carbonyl (C=O) groups excluding carboxylic acids is 2. The minimum absolute atomic E-state index is 0.0212. The highest BCUT2D eigenvalue weighted by molar-refractivity contribution is 7.87. The number of aryl methyl sites for hydroxylation is 1. The summed E-state index contributed by atoms with van der Waals surface area (Å²) in [6.45, 7) is 0. The van der Waals surface area contributed by atoms with Crippen molar-refractivity contribution in [3.8, 4) is 19.8 Å². The number of hydrogen-bond donors (Lipinski definition) is 6. The summed E-state index contributed by atoms with van der Waals surface area (Å²) in [5.74, 6) is -0.781. The lowest BCUT2D eigenvalue weighted by Gasteiger charge is -2.18. The van der Waals surface area contributed by atoms with Crippen LogP contribution in [0.2, 0.25) is 5.02 Å². The Balaban J connectivity index is 0.000000204. The molecule has 358 valence electrons. The first-order valence-corrected chi connectivity index (χ1v) is 27.5. The van der Waals surface area contributed by atoms with Crippen LogP contribution < -0.4 is 20.1 Å². The molecule has 2 atom stereocenters. The molecule has 4 aromatic carbocycles. The number of benzene rings is 4. The average molecular weight is 1070 g/mol. The minimum atomic E-state index is -4.36. The Labute approximate surface area is 419 Å². The number of amides is 2. The van der Waals surface area contributed by atoms with Crippen molar-refractivity contribution in [1.29, 1.82) is 0 Å². The second-order valence-electron chi connectivity index (χ2n) is 15.2. The Morgan fingerprint density at radius 3 is 1.55 bits per heavy atom. The summed E-state index contributed by atoms with van der Waals surface area (Å²) in [6.07, 6.45) is 1.74. The van der Waals surface area contributed by atoms with Gasteiger partial charge < -0.3 is 10.6 Å². The van der Waals surface area contributed by atoms with Crippen molar-refractivity contribution in [1.82, 2.24) is 20.6 Å². The zero-order valence-electron chi connectivity index (χ0n) is 36.0. The Morgan fingerprint density at radius 2 is 1.09 bits per heavy atom. The van der Waals surface area contributed by atoms with Crippen molar-refractivity contribution in [2.24, 2.45) is 0 Å². The first-order valence-electron chi connectivity index (χ1n) is 20.7. The summed E-state index contributed by atoms with van der Waals surface area (Å²) in [4.78, 5) is 37.2. The van der Waals surface area contributed by atoms with E-state index in [1.165, 1.54) is 46.9 Å². The fourth-order valence-corrected chi connectivity index (χ4v) is 11.3. The molecule has 4 aromatic heterocycles. The van der Waals surface area contributed by atoms with Crippen LogP contribution in [-0.4, -0.2) is 47.7 Å². The van der Waals surface area contributed by atoms with Crippen LogP contribution in [0.15, 0.2) is 143 Å². The van der Waals surface area contributed by atoms with Crippen molar-refractivity contribution in [2.75, 3.05) is 9.44 Å². The molecule has 0 aliphatic carbocycles. The summed E-state index contributed by atoms with van der Waals surface area (Å²) in [5.41, 5.74) is 5.16. The van der Waals surface area contributed by atoms with Gasteiger partial charge in [0.2, 0.25) is 11.8 Å². The fraction of sp³-hybridized carbons (Fsp3) is 0.149. The van der Waals surface area contributed by atoms with E-state index < -0.39 is 32.5 Å². The predicted molar refractivity (Wildman–Crippen MR) is 273 cm³/mol. The molecule has 2 amide bonds. The monoisotopic (exact) mass is 1060 g/mol. The smallest absolute Gasteiger partial charge is 0.347 e. The largest absolute Gasteiger partial charge is 0.357 e. The molecule has 0 unspecified atom stereocenters. The normalized spacial score (nSPS) is 12.3. The molecular weight excluding hydrogens is 1020 g/mol. The third-order valence-electron chi connectivity index (χ3n) is 9.96. The molecule has 0 aliphatic rings. The van der Waals surface area contributed by atoms with Gasteiger partial charge in [0.25, 0.3) is 0 Å². The summed E-state index contributed by atoms with van der Waals surface area (Å²) >= 11 is 12.2. The first-order chi connectivity index (χ1) is 33.0. The Morgan fingerprint density at radius 1 is 0.594 bits per heavy atom. The average Bonchev–Trinajstić information content (AvgIpc) is 4.14. The summed E-state index contributed by atoms with van der Waals surface area (Å²) < 4.78 is 79.5. The van der Waals surface area contributed by atoms with E-state index in [4.69, 9.17) is 30.7 Å². The molecule has 0 saturated heterocycles. The first kappa shape index (κ1) is 51.0. The van der Waals surface area contributed by atoms with E-state index in [2.05, 4.69) is 10.6 Å². The lowest BCUT2D eigenvalue weighted by atomic mass is 10.0. The van der Waals surface area contributed by atoms with E-state index in [1.54, 1.807) is 77.3 Å². The van der Waals surface area contributed by atoms with Gasteiger partial charge in [-0.1, -0.05) is 72.3 Å². The van der Waals surface area contributed by atoms with Gasteiger partial charge in [0.1, 0.15) is 15.8 Å². The maximum atomic E-state index is 13.5. The van der Waals surface area contributed by atoms with Gasteiger partial charge in [-0.25, -0.2) is 14.4 Å². The number of carbonyl (C=O) groups is 2. The van der Waals surface area contributed by atoms with Gasteiger partial charge in [-0.05, 0) is 113 Å². The number of nitrogens with one attached hydrogen (secondary N) is 4. The molecule has 0 spiro atoms. The molecule has 0 fully saturated rings. The maximum Gasteiger partial charge on any atom is 0.357 e. The number of nitrogens with zero attached hydrogens (tertiary/aromatic N) is 2. The summed E-state index contributed by atoms with van der Waals surface area (Å²) in [5, 5.41) is 16.3. The van der Waals surface area contributed by atoms with Crippen LogP contribution in [0, 0.1) is 5.82 Å². The van der Waals surface area contributed by atoms with Crippen LogP contribution in [0.5, 0.6) is 0 Å². The number of hydrogen-bond acceptors (Lipinski definition) is 12. The molecule has 69 heavy (non-hydrogen) atoms. The van der Waals surface area contributed by atoms with Crippen LogP contribution in [0.1, 0.15) is 52.1 Å². The van der Waals surface area contributed by atoms with Crippen LogP contribution >= 0.6 is 56.9 Å². The van der Waals surface area contributed by atoms with E-state index in [0.29, 0.717) is 42.0 Å². The zero-order valence-corrected chi connectivity index (χ0v) is 41.6. The molecule has 14 nitrogen and oxygen atoms in total. The summed E-state index contributed by atoms with van der Waals surface area (Å²) in [6, 6.07) is 33.5. The minimum Gasteiger partial charge on any atom is -0.347 e. The molecule has 0 saturated carbocycles. The van der Waals surface area contributed by atoms with Crippen molar-refractivity contribution < 1.29 is 39.9 Å². The van der Waals surface area contributed by atoms with E-state index >= 15 is 0 Å². The van der Waals surface area contributed by atoms with Crippen molar-refractivity contribution in [3.05, 3.63) is 187 Å². The van der Waals surface area contributed by atoms with Gasteiger partial charge >= 0.3 is 20.6 Å². The van der Waals surface area contributed by atoms with Gasteiger partial charge in [0, 0.05) is 22.2 Å².